The van der Waals surface area contributed by atoms with Crippen molar-refractivity contribution < 1.29 is 13.2 Å². The molecule has 26 heavy (non-hydrogen) atoms. The van der Waals surface area contributed by atoms with Crippen LogP contribution in [0.2, 0.25) is 0 Å². The molecular weight excluding hydrogens is 374 g/mol. The van der Waals surface area contributed by atoms with Gasteiger partial charge in [-0.15, -0.1) is 12.4 Å². The van der Waals surface area contributed by atoms with Crippen LogP contribution < -0.4 is 15.4 Å². The van der Waals surface area contributed by atoms with Gasteiger partial charge < -0.3 is 10.6 Å². The minimum absolute atomic E-state index is 0. The fourth-order valence-corrected chi connectivity index (χ4v) is 3.69. The molecule has 0 spiro atoms. The number of benzene rings is 2. The van der Waals surface area contributed by atoms with Gasteiger partial charge in [0.1, 0.15) is 0 Å². The van der Waals surface area contributed by atoms with Crippen LogP contribution in [0.25, 0.3) is 0 Å². The molecule has 0 saturated carbocycles. The zero-order valence-electron chi connectivity index (χ0n) is 14.4. The summed E-state index contributed by atoms with van der Waals surface area (Å²) in [6.45, 7) is 0.663. The van der Waals surface area contributed by atoms with Crippen LogP contribution in [0.1, 0.15) is 17.5 Å². The second-order valence-electron chi connectivity index (χ2n) is 6.25. The lowest BCUT2D eigenvalue weighted by atomic mass is 9.99. The number of nitrogens with one attached hydrogen (secondary N) is 1. The van der Waals surface area contributed by atoms with Crippen LogP contribution in [0.15, 0.2) is 42.5 Å². The summed E-state index contributed by atoms with van der Waals surface area (Å²) in [7, 11) is -3.35. The van der Waals surface area contributed by atoms with Crippen molar-refractivity contribution in [1.29, 1.82) is 0 Å². The predicted molar refractivity (Wildman–Crippen MR) is 107 cm³/mol. The molecule has 8 heteroatoms. The molecule has 2 aromatic carbocycles. The van der Waals surface area contributed by atoms with E-state index >= 15 is 0 Å². The van der Waals surface area contributed by atoms with Crippen molar-refractivity contribution in [3.8, 4) is 0 Å². The summed E-state index contributed by atoms with van der Waals surface area (Å²) in [4.78, 5) is 14.6. The van der Waals surface area contributed by atoms with Crippen molar-refractivity contribution >= 4 is 45.4 Å². The zero-order valence-corrected chi connectivity index (χ0v) is 16.1. The largest absolute Gasteiger partial charge is 0.398 e. The fourth-order valence-electron chi connectivity index (χ4n) is 3.14. The van der Waals surface area contributed by atoms with Gasteiger partial charge >= 0.3 is 0 Å². The smallest absolute Gasteiger partial charge is 0.231 e. The van der Waals surface area contributed by atoms with E-state index in [1.54, 1.807) is 23.1 Å². The van der Waals surface area contributed by atoms with Gasteiger partial charge in [-0.3, -0.25) is 9.52 Å². The van der Waals surface area contributed by atoms with E-state index in [-0.39, 0.29) is 24.7 Å². The Labute approximate surface area is 159 Å². The van der Waals surface area contributed by atoms with Crippen LogP contribution >= 0.6 is 12.4 Å². The highest BCUT2D eigenvalue weighted by Crippen LogP contribution is 2.31. The molecule has 1 aliphatic rings. The van der Waals surface area contributed by atoms with Crippen molar-refractivity contribution in [1.82, 2.24) is 0 Å². The maximum Gasteiger partial charge on any atom is 0.231 e. The SMILES string of the molecule is CS(=O)(=O)Nc1cccc(CC(=O)N2CCCc3c(N)cccc32)c1.Cl. The lowest BCUT2D eigenvalue weighted by Gasteiger charge is -2.30. The molecule has 0 aliphatic carbocycles. The number of rotatable bonds is 4. The molecule has 3 N–H and O–H groups in total. The van der Waals surface area contributed by atoms with Crippen LogP contribution in [-0.4, -0.2) is 27.1 Å². The molecule has 0 bridgehead atoms. The molecule has 0 aromatic heterocycles. The summed E-state index contributed by atoms with van der Waals surface area (Å²) >= 11 is 0. The lowest BCUT2D eigenvalue weighted by molar-refractivity contribution is -0.118. The van der Waals surface area contributed by atoms with Gasteiger partial charge in [-0.2, -0.15) is 0 Å². The third-order valence-corrected chi connectivity index (χ3v) is 4.78. The Kier molecular flexibility index (Phi) is 6.15. The van der Waals surface area contributed by atoms with Gasteiger partial charge in [0, 0.05) is 23.6 Å². The van der Waals surface area contributed by atoms with E-state index in [2.05, 4.69) is 4.72 Å². The number of nitrogens with zero attached hydrogens (tertiary/aromatic N) is 1. The van der Waals surface area contributed by atoms with E-state index in [9.17, 15) is 13.2 Å². The summed E-state index contributed by atoms with van der Waals surface area (Å²) < 4.78 is 25.1. The van der Waals surface area contributed by atoms with Crippen molar-refractivity contribution in [2.45, 2.75) is 19.3 Å². The van der Waals surface area contributed by atoms with E-state index in [1.807, 2.05) is 24.3 Å². The van der Waals surface area contributed by atoms with Crippen LogP contribution in [-0.2, 0) is 27.7 Å². The van der Waals surface area contributed by atoms with Gasteiger partial charge in [0.15, 0.2) is 0 Å². The molecule has 2 aromatic rings. The number of sulfonamides is 1. The topological polar surface area (TPSA) is 92.5 Å². The average molecular weight is 396 g/mol. The van der Waals surface area contributed by atoms with Gasteiger partial charge in [0.25, 0.3) is 0 Å². The van der Waals surface area contributed by atoms with E-state index in [4.69, 9.17) is 5.73 Å². The first-order valence-electron chi connectivity index (χ1n) is 8.08. The first-order valence-corrected chi connectivity index (χ1v) is 9.97. The van der Waals surface area contributed by atoms with Crippen LogP contribution in [0.5, 0.6) is 0 Å². The van der Waals surface area contributed by atoms with Gasteiger partial charge in [-0.25, -0.2) is 8.42 Å². The van der Waals surface area contributed by atoms with Crippen molar-refractivity contribution in [2.24, 2.45) is 0 Å². The third kappa shape index (κ3) is 4.68. The molecule has 0 atom stereocenters. The van der Waals surface area contributed by atoms with Gasteiger partial charge in [0.2, 0.25) is 15.9 Å². The van der Waals surface area contributed by atoms with E-state index in [0.717, 1.165) is 35.9 Å². The number of fused-ring (bicyclic) bond motifs is 1. The Bertz CT molecular complexity index is 916. The molecule has 1 aliphatic heterocycles. The van der Waals surface area contributed by atoms with E-state index < -0.39 is 10.0 Å². The Balaban J connectivity index is 0.00000243. The average Bonchev–Trinajstić information content (AvgIpc) is 2.53. The maximum absolute atomic E-state index is 12.8. The fraction of sp³-hybridized carbons (Fsp3) is 0.278. The number of carbonyl (C=O) groups excluding carboxylic acids is 1. The molecule has 0 unspecified atom stereocenters. The molecule has 0 radical (unpaired) electrons. The van der Waals surface area contributed by atoms with Crippen LogP contribution in [0, 0.1) is 0 Å². The molecule has 1 amide bonds. The molecule has 3 rings (SSSR count). The molecular formula is C18H22ClN3O3S. The lowest BCUT2D eigenvalue weighted by Crippen LogP contribution is -2.36. The number of nitrogen functional groups attached to an aromatic ring is 1. The zero-order chi connectivity index (χ0) is 18.0. The number of anilines is 3. The van der Waals surface area contributed by atoms with E-state index in [0.29, 0.717) is 17.9 Å². The third-order valence-electron chi connectivity index (χ3n) is 4.17. The van der Waals surface area contributed by atoms with E-state index in [1.165, 1.54) is 0 Å². The van der Waals surface area contributed by atoms with Crippen molar-refractivity contribution in [3.05, 3.63) is 53.6 Å². The summed E-state index contributed by atoms with van der Waals surface area (Å²) in [6.07, 6.45) is 3.05. The standard InChI is InChI=1S/C18H21N3O3S.ClH/c1-25(23,24)20-14-6-2-5-13(11-14)12-18(22)21-10-4-7-15-16(19)8-3-9-17(15)21;/h2-3,5-6,8-9,11,20H,4,7,10,12,19H2,1H3;1H. The molecule has 140 valence electrons. The maximum atomic E-state index is 12.8. The van der Waals surface area contributed by atoms with Gasteiger partial charge in [-0.05, 0) is 48.2 Å². The second-order valence-corrected chi connectivity index (χ2v) is 7.99. The summed E-state index contributed by atoms with van der Waals surface area (Å²) in [5, 5.41) is 0. The number of carbonyl (C=O) groups is 1. The Morgan fingerprint density at radius 2 is 1.96 bits per heavy atom. The Hall–Kier alpha value is -2.25. The van der Waals surface area contributed by atoms with Gasteiger partial charge in [0.05, 0.1) is 12.7 Å². The Morgan fingerprint density at radius 1 is 1.23 bits per heavy atom. The monoisotopic (exact) mass is 395 g/mol. The summed E-state index contributed by atoms with van der Waals surface area (Å²) in [5.41, 5.74) is 9.86. The summed E-state index contributed by atoms with van der Waals surface area (Å²) in [6, 6.07) is 12.5. The summed E-state index contributed by atoms with van der Waals surface area (Å²) in [5.74, 6) is -0.0249. The second kappa shape index (κ2) is 7.97. The number of halogens is 1. The first-order chi connectivity index (χ1) is 11.8. The highest BCUT2D eigenvalue weighted by atomic mass is 35.5. The first kappa shape index (κ1) is 20.1. The Morgan fingerprint density at radius 3 is 2.69 bits per heavy atom. The van der Waals surface area contributed by atoms with Crippen molar-refractivity contribution in [3.63, 3.8) is 0 Å². The number of nitrogens with two attached hydrogens (primary N) is 1. The minimum Gasteiger partial charge on any atom is -0.398 e. The van der Waals surface area contributed by atoms with Crippen LogP contribution in [0.3, 0.4) is 0 Å². The number of hydrogen-bond donors (Lipinski definition) is 2. The van der Waals surface area contributed by atoms with Gasteiger partial charge in [-0.1, -0.05) is 18.2 Å². The predicted octanol–water partition coefficient (Wildman–Crippen LogP) is 2.58. The quantitative estimate of drug-likeness (QED) is 0.778. The molecule has 0 saturated heterocycles. The highest BCUT2D eigenvalue weighted by Gasteiger charge is 2.23. The van der Waals surface area contributed by atoms with Crippen LogP contribution in [0.4, 0.5) is 17.1 Å². The molecule has 6 nitrogen and oxygen atoms in total. The van der Waals surface area contributed by atoms with Crippen molar-refractivity contribution in [2.75, 3.05) is 28.2 Å². The molecule has 1 heterocycles. The number of amides is 1. The minimum atomic E-state index is -3.35. The highest BCUT2D eigenvalue weighted by molar-refractivity contribution is 7.92. The molecule has 0 fully saturated rings. The number of hydrogen-bond acceptors (Lipinski definition) is 4. The normalized spacial score (nSPS) is 13.5.